The van der Waals surface area contributed by atoms with E-state index in [1.54, 1.807) is 0 Å². The number of rotatable bonds is 5. The van der Waals surface area contributed by atoms with Crippen molar-refractivity contribution in [1.29, 1.82) is 0 Å². The number of hydrogen-bond acceptors (Lipinski definition) is 4. The summed E-state index contributed by atoms with van der Waals surface area (Å²) in [6.45, 7) is -0.213. The Hall–Kier alpha value is -3.18. The van der Waals surface area contributed by atoms with Crippen LogP contribution in [0.1, 0.15) is 10.4 Å². The monoisotopic (exact) mass is 380 g/mol. The van der Waals surface area contributed by atoms with Gasteiger partial charge in [-0.05, 0) is 24.3 Å². The van der Waals surface area contributed by atoms with E-state index in [4.69, 9.17) is 16.3 Å². The van der Waals surface area contributed by atoms with Gasteiger partial charge in [0, 0.05) is 17.7 Å². The number of nitrogens with one attached hydrogen (secondary N) is 1. The molecule has 0 saturated heterocycles. The van der Waals surface area contributed by atoms with Crippen LogP contribution in [0.3, 0.4) is 0 Å². The highest BCUT2D eigenvalue weighted by molar-refractivity contribution is 6.32. The van der Waals surface area contributed by atoms with Crippen molar-refractivity contribution in [2.24, 2.45) is 0 Å². The molecule has 26 heavy (non-hydrogen) atoms. The molecule has 0 aliphatic heterocycles. The van der Waals surface area contributed by atoms with Gasteiger partial charge in [-0.3, -0.25) is 14.9 Å². The average molecular weight is 381 g/mol. The van der Waals surface area contributed by atoms with Gasteiger partial charge in [-0.2, -0.15) is 0 Å². The maximum Gasteiger partial charge on any atom is 0.288 e. The van der Waals surface area contributed by atoms with Gasteiger partial charge in [0.25, 0.3) is 11.6 Å². The second kappa shape index (κ2) is 8.78. The standard InChI is InChI=1S/C17H11ClF2N2O4/c18-13-5-3-11(9-15(13)22(24)25)17(23)21-7-1-2-8-26-16-6-4-12(19)10-14(16)20/h3-6,9-10H,7-8H2,(H,21,23). The second-order valence-corrected chi connectivity index (χ2v) is 5.23. The van der Waals surface area contributed by atoms with Gasteiger partial charge in [0.05, 0.1) is 11.5 Å². The van der Waals surface area contributed by atoms with E-state index >= 15 is 0 Å². The maximum atomic E-state index is 13.3. The predicted molar refractivity (Wildman–Crippen MR) is 90.1 cm³/mol. The Bertz CT molecular complexity index is 909. The van der Waals surface area contributed by atoms with E-state index in [1.807, 2.05) is 0 Å². The van der Waals surface area contributed by atoms with Gasteiger partial charge in [0.1, 0.15) is 17.4 Å². The van der Waals surface area contributed by atoms with E-state index in [0.29, 0.717) is 6.07 Å². The first-order valence-corrected chi connectivity index (χ1v) is 7.52. The molecule has 6 nitrogen and oxygen atoms in total. The van der Waals surface area contributed by atoms with Crippen LogP contribution < -0.4 is 10.1 Å². The zero-order valence-corrected chi connectivity index (χ0v) is 13.8. The van der Waals surface area contributed by atoms with Crippen molar-refractivity contribution in [3.8, 4) is 17.6 Å². The topological polar surface area (TPSA) is 81.5 Å². The number of benzene rings is 2. The van der Waals surface area contributed by atoms with Crippen LogP contribution in [0.2, 0.25) is 5.02 Å². The molecule has 0 spiro atoms. The Balaban J connectivity index is 1.85. The molecular formula is C17H11ClF2N2O4. The summed E-state index contributed by atoms with van der Waals surface area (Å²) in [5.41, 5.74) is -0.312. The fourth-order valence-electron chi connectivity index (χ4n) is 1.84. The maximum absolute atomic E-state index is 13.3. The summed E-state index contributed by atoms with van der Waals surface area (Å²) >= 11 is 5.67. The number of nitro groups is 1. The molecule has 134 valence electrons. The molecule has 1 amide bonds. The fourth-order valence-corrected chi connectivity index (χ4v) is 2.03. The summed E-state index contributed by atoms with van der Waals surface area (Å²) in [4.78, 5) is 22.0. The number of carbonyl (C=O) groups is 1. The highest BCUT2D eigenvalue weighted by Gasteiger charge is 2.15. The first kappa shape index (κ1) is 19.1. The SMILES string of the molecule is O=C(NCC#CCOc1ccc(F)cc1F)c1ccc(Cl)c([N+](=O)[O-])c1. The van der Waals surface area contributed by atoms with Gasteiger partial charge >= 0.3 is 0 Å². The molecule has 0 heterocycles. The van der Waals surface area contributed by atoms with E-state index in [-0.39, 0.29) is 35.2 Å². The number of halogens is 3. The molecule has 0 bridgehead atoms. The van der Waals surface area contributed by atoms with Crippen molar-refractivity contribution in [2.45, 2.75) is 0 Å². The number of amides is 1. The number of ether oxygens (including phenoxy) is 1. The van der Waals surface area contributed by atoms with Crippen molar-refractivity contribution in [3.63, 3.8) is 0 Å². The van der Waals surface area contributed by atoms with Crippen LogP contribution in [0.15, 0.2) is 36.4 Å². The minimum absolute atomic E-state index is 0.0511. The van der Waals surface area contributed by atoms with Crippen molar-refractivity contribution in [3.05, 3.63) is 68.7 Å². The summed E-state index contributed by atoms with van der Waals surface area (Å²) in [6, 6.07) is 6.54. The van der Waals surface area contributed by atoms with Gasteiger partial charge in [-0.15, -0.1) is 0 Å². The second-order valence-electron chi connectivity index (χ2n) is 4.82. The molecule has 1 N–H and O–H groups in total. The Morgan fingerprint density at radius 2 is 2.00 bits per heavy atom. The highest BCUT2D eigenvalue weighted by atomic mass is 35.5. The zero-order valence-electron chi connectivity index (χ0n) is 13.1. The van der Waals surface area contributed by atoms with E-state index in [2.05, 4.69) is 17.2 Å². The molecular weight excluding hydrogens is 370 g/mol. The van der Waals surface area contributed by atoms with Gasteiger partial charge in [0.15, 0.2) is 11.6 Å². The van der Waals surface area contributed by atoms with Crippen LogP contribution in [0, 0.1) is 33.6 Å². The first-order valence-electron chi connectivity index (χ1n) is 7.14. The molecule has 0 unspecified atom stereocenters. The van der Waals surface area contributed by atoms with Crippen LogP contribution in [-0.2, 0) is 0 Å². The molecule has 2 aromatic rings. The van der Waals surface area contributed by atoms with E-state index in [0.717, 1.165) is 18.2 Å². The van der Waals surface area contributed by atoms with Gasteiger partial charge in [-0.25, -0.2) is 8.78 Å². The summed E-state index contributed by atoms with van der Waals surface area (Å²) in [6.07, 6.45) is 0. The lowest BCUT2D eigenvalue weighted by Gasteiger charge is -2.03. The summed E-state index contributed by atoms with van der Waals surface area (Å²) in [5, 5.41) is 13.2. The van der Waals surface area contributed by atoms with Crippen LogP contribution in [-0.4, -0.2) is 24.0 Å². The first-order chi connectivity index (χ1) is 12.4. The summed E-state index contributed by atoms with van der Waals surface area (Å²) < 4.78 is 31.1. The largest absolute Gasteiger partial charge is 0.478 e. The molecule has 0 atom stereocenters. The number of nitrogens with zero attached hydrogens (tertiary/aromatic N) is 1. The predicted octanol–water partition coefficient (Wildman–Crippen LogP) is 3.34. The number of carbonyl (C=O) groups excluding carboxylic acids is 1. The van der Waals surface area contributed by atoms with Gasteiger partial charge in [-0.1, -0.05) is 23.4 Å². The smallest absolute Gasteiger partial charge is 0.288 e. The molecule has 0 aromatic heterocycles. The minimum atomic E-state index is -0.843. The van der Waals surface area contributed by atoms with Crippen LogP contribution in [0.5, 0.6) is 5.75 Å². The van der Waals surface area contributed by atoms with Crippen molar-refractivity contribution in [1.82, 2.24) is 5.32 Å². The Morgan fingerprint density at radius 1 is 1.23 bits per heavy atom. The molecule has 0 fully saturated rings. The van der Waals surface area contributed by atoms with E-state index in [9.17, 15) is 23.7 Å². The van der Waals surface area contributed by atoms with Crippen molar-refractivity contribution >= 4 is 23.2 Å². The van der Waals surface area contributed by atoms with Gasteiger partial charge < -0.3 is 10.1 Å². The Labute approximate surface area is 151 Å². The third-order valence-electron chi connectivity index (χ3n) is 3.06. The van der Waals surface area contributed by atoms with Crippen molar-refractivity contribution in [2.75, 3.05) is 13.2 Å². The third kappa shape index (κ3) is 5.16. The molecule has 9 heteroatoms. The average Bonchev–Trinajstić information content (AvgIpc) is 2.59. The van der Waals surface area contributed by atoms with Crippen molar-refractivity contribution < 1.29 is 23.2 Å². The number of hydrogen-bond donors (Lipinski definition) is 1. The molecule has 0 saturated carbocycles. The summed E-state index contributed by atoms with van der Waals surface area (Å²) in [5.74, 6) is 2.85. The normalized spacial score (nSPS) is 9.81. The quantitative estimate of drug-likeness (QED) is 0.490. The molecule has 0 aliphatic carbocycles. The lowest BCUT2D eigenvalue weighted by molar-refractivity contribution is -0.384. The molecule has 0 aliphatic rings. The summed E-state index contributed by atoms with van der Waals surface area (Å²) in [7, 11) is 0. The fraction of sp³-hybridized carbons (Fsp3) is 0.118. The minimum Gasteiger partial charge on any atom is -0.478 e. The van der Waals surface area contributed by atoms with E-state index in [1.165, 1.54) is 12.1 Å². The van der Waals surface area contributed by atoms with Gasteiger partial charge in [0.2, 0.25) is 0 Å². The lowest BCUT2D eigenvalue weighted by Crippen LogP contribution is -2.23. The van der Waals surface area contributed by atoms with E-state index < -0.39 is 22.5 Å². The lowest BCUT2D eigenvalue weighted by atomic mass is 10.2. The van der Waals surface area contributed by atoms with Crippen LogP contribution in [0.25, 0.3) is 0 Å². The van der Waals surface area contributed by atoms with Crippen LogP contribution >= 0.6 is 11.6 Å². The van der Waals surface area contributed by atoms with Crippen LogP contribution in [0.4, 0.5) is 14.5 Å². The number of nitro benzene ring substituents is 1. The molecule has 2 aromatic carbocycles. The third-order valence-corrected chi connectivity index (χ3v) is 3.38. The Morgan fingerprint density at radius 3 is 2.69 bits per heavy atom. The Kier molecular flexibility index (Phi) is 6.47. The highest BCUT2D eigenvalue weighted by Crippen LogP contribution is 2.24. The molecule has 2 rings (SSSR count). The molecule has 0 radical (unpaired) electrons. The zero-order chi connectivity index (χ0) is 19.1.